The average Bonchev–Trinajstić information content (AvgIpc) is 2.26. The van der Waals surface area contributed by atoms with Crippen LogP contribution in [0.1, 0.15) is 13.3 Å². The van der Waals surface area contributed by atoms with Gasteiger partial charge in [0.15, 0.2) is 11.6 Å². The normalized spacial score (nSPS) is 10.9. The third kappa shape index (κ3) is 1.68. The van der Waals surface area contributed by atoms with Gasteiger partial charge in [0.2, 0.25) is 0 Å². The Morgan fingerprint density at radius 3 is 2.69 bits per heavy atom. The molecule has 0 amide bonds. The summed E-state index contributed by atoms with van der Waals surface area (Å²) in [6.07, 6.45) is 2.13. The summed E-state index contributed by atoms with van der Waals surface area (Å²) in [6, 6.07) is 1.83. The number of fused-ring (bicyclic) bond motifs is 1. The zero-order valence-electron chi connectivity index (χ0n) is 8.70. The highest BCUT2D eigenvalue weighted by Gasteiger charge is 2.09. The van der Waals surface area contributed by atoms with Gasteiger partial charge in [0.05, 0.1) is 17.2 Å². The van der Waals surface area contributed by atoms with Crippen LogP contribution in [0.5, 0.6) is 0 Å². The summed E-state index contributed by atoms with van der Waals surface area (Å²) in [5.74, 6) is -2.02. The van der Waals surface area contributed by atoms with Gasteiger partial charge in [-0.05, 0) is 12.5 Å². The number of nitrogens with zero attached hydrogens (tertiary/aromatic N) is 2. The molecule has 0 spiro atoms. The Kier molecular flexibility index (Phi) is 2.68. The Morgan fingerprint density at radius 2 is 2.00 bits per heavy atom. The predicted octanol–water partition coefficient (Wildman–Crippen LogP) is 2.08. The second kappa shape index (κ2) is 4.00. The second-order valence-electron chi connectivity index (χ2n) is 3.53. The van der Waals surface area contributed by atoms with E-state index in [1.54, 1.807) is 0 Å². The largest absolute Gasteiger partial charge is 0.299 e. The van der Waals surface area contributed by atoms with E-state index in [2.05, 4.69) is 4.98 Å². The van der Waals surface area contributed by atoms with E-state index in [0.29, 0.717) is 6.54 Å². The van der Waals surface area contributed by atoms with Gasteiger partial charge in [-0.25, -0.2) is 13.8 Å². The van der Waals surface area contributed by atoms with Crippen LogP contribution < -0.4 is 5.56 Å². The first-order chi connectivity index (χ1) is 7.63. The first-order valence-electron chi connectivity index (χ1n) is 4.97. The second-order valence-corrected chi connectivity index (χ2v) is 3.53. The van der Waals surface area contributed by atoms with Crippen molar-refractivity contribution in [3.63, 3.8) is 0 Å². The molecule has 0 unspecified atom stereocenters. The molecule has 0 aliphatic heterocycles. The molecule has 2 aromatic rings. The molecule has 0 saturated carbocycles. The van der Waals surface area contributed by atoms with Crippen molar-refractivity contribution < 1.29 is 8.78 Å². The van der Waals surface area contributed by atoms with Gasteiger partial charge < -0.3 is 0 Å². The maximum atomic E-state index is 13.0. The van der Waals surface area contributed by atoms with Crippen LogP contribution in [0, 0.1) is 11.6 Å². The fourth-order valence-electron chi connectivity index (χ4n) is 1.55. The van der Waals surface area contributed by atoms with Gasteiger partial charge in [-0.15, -0.1) is 0 Å². The van der Waals surface area contributed by atoms with Gasteiger partial charge in [0, 0.05) is 12.6 Å². The molecule has 0 radical (unpaired) electrons. The van der Waals surface area contributed by atoms with E-state index < -0.39 is 11.6 Å². The number of rotatable bonds is 2. The van der Waals surface area contributed by atoms with Gasteiger partial charge in [0.1, 0.15) is 0 Å². The number of aryl methyl sites for hydroxylation is 1. The van der Waals surface area contributed by atoms with E-state index in [-0.39, 0.29) is 16.5 Å². The van der Waals surface area contributed by atoms with Crippen molar-refractivity contribution in [2.45, 2.75) is 19.9 Å². The first-order valence-corrected chi connectivity index (χ1v) is 4.97. The quantitative estimate of drug-likeness (QED) is 0.782. The molecule has 0 atom stereocenters. The highest BCUT2D eigenvalue weighted by molar-refractivity contribution is 5.77. The minimum atomic E-state index is -1.03. The number of aromatic nitrogens is 2. The van der Waals surface area contributed by atoms with Crippen LogP contribution in [0.25, 0.3) is 10.9 Å². The van der Waals surface area contributed by atoms with E-state index in [0.717, 1.165) is 18.6 Å². The zero-order valence-corrected chi connectivity index (χ0v) is 8.70. The minimum Gasteiger partial charge on any atom is -0.299 e. The van der Waals surface area contributed by atoms with Crippen LogP contribution >= 0.6 is 0 Å². The predicted molar refractivity (Wildman–Crippen MR) is 56.2 cm³/mol. The molecule has 0 N–H and O–H groups in total. The maximum Gasteiger partial charge on any atom is 0.261 e. The highest BCUT2D eigenvalue weighted by Crippen LogP contribution is 2.12. The molecule has 1 aromatic carbocycles. The molecule has 84 valence electrons. The summed E-state index contributed by atoms with van der Waals surface area (Å²) in [5.41, 5.74) is -0.165. The summed E-state index contributed by atoms with van der Waals surface area (Å²) < 4.78 is 27.3. The van der Waals surface area contributed by atoms with Gasteiger partial charge in [-0.1, -0.05) is 6.92 Å². The van der Waals surface area contributed by atoms with Crippen molar-refractivity contribution in [3.05, 3.63) is 40.4 Å². The average molecular weight is 224 g/mol. The lowest BCUT2D eigenvalue weighted by molar-refractivity contribution is 0.510. The van der Waals surface area contributed by atoms with Crippen molar-refractivity contribution in [1.29, 1.82) is 0 Å². The molecule has 0 aliphatic carbocycles. The molecule has 16 heavy (non-hydrogen) atoms. The first kappa shape index (κ1) is 10.7. The number of hydrogen-bond acceptors (Lipinski definition) is 2. The SMILES string of the molecule is CCCn1cnc2cc(F)c(F)cc2c1=O. The fraction of sp³-hybridized carbons (Fsp3) is 0.273. The molecule has 5 heteroatoms. The molecule has 0 bridgehead atoms. The van der Waals surface area contributed by atoms with Crippen molar-refractivity contribution in [2.24, 2.45) is 0 Å². The molecule has 0 saturated heterocycles. The van der Waals surface area contributed by atoms with E-state index in [4.69, 9.17) is 0 Å². The van der Waals surface area contributed by atoms with Crippen molar-refractivity contribution in [3.8, 4) is 0 Å². The smallest absolute Gasteiger partial charge is 0.261 e. The molecule has 0 aliphatic rings. The Bertz CT molecular complexity index is 592. The summed E-state index contributed by atoms with van der Waals surface area (Å²) in [4.78, 5) is 15.7. The number of hydrogen-bond donors (Lipinski definition) is 0. The molecular formula is C11H10F2N2O. The Hall–Kier alpha value is -1.78. The molecule has 1 heterocycles. The number of halogens is 2. The lowest BCUT2D eigenvalue weighted by atomic mass is 10.2. The minimum absolute atomic E-state index is 0.106. The third-order valence-electron chi connectivity index (χ3n) is 2.33. The summed E-state index contributed by atoms with van der Waals surface area (Å²) in [5, 5.41) is 0.106. The summed E-state index contributed by atoms with van der Waals surface area (Å²) in [6.45, 7) is 2.43. The van der Waals surface area contributed by atoms with Crippen LogP contribution in [-0.4, -0.2) is 9.55 Å². The van der Waals surface area contributed by atoms with Crippen LogP contribution in [0.4, 0.5) is 8.78 Å². The Morgan fingerprint density at radius 1 is 1.31 bits per heavy atom. The highest BCUT2D eigenvalue weighted by atomic mass is 19.2. The van der Waals surface area contributed by atoms with Gasteiger partial charge >= 0.3 is 0 Å². The Balaban J connectivity index is 2.74. The van der Waals surface area contributed by atoms with Crippen molar-refractivity contribution in [2.75, 3.05) is 0 Å². The van der Waals surface area contributed by atoms with Gasteiger partial charge in [0.25, 0.3) is 5.56 Å². The van der Waals surface area contributed by atoms with E-state index in [9.17, 15) is 13.6 Å². The van der Waals surface area contributed by atoms with Crippen molar-refractivity contribution in [1.82, 2.24) is 9.55 Å². The molecular weight excluding hydrogens is 214 g/mol. The number of benzene rings is 1. The fourth-order valence-corrected chi connectivity index (χ4v) is 1.55. The monoisotopic (exact) mass is 224 g/mol. The van der Waals surface area contributed by atoms with Gasteiger partial charge in [-0.2, -0.15) is 0 Å². The lowest BCUT2D eigenvalue weighted by Gasteiger charge is -2.04. The summed E-state index contributed by atoms with van der Waals surface area (Å²) in [7, 11) is 0. The topological polar surface area (TPSA) is 34.9 Å². The molecule has 3 nitrogen and oxygen atoms in total. The van der Waals surface area contributed by atoms with E-state index in [1.165, 1.54) is 10.9 Å². The van der Waals surface area contributed by atoms with Crippen LogP contribution in [0.15, 0.2) is 23.3 Å². The van der Waals surface area contributed by atoms with Crippen molar-refractivity contribution >= 4 is 10.9 Å². The Labute approximate surface area is 90.3 Å². The van der Waals surface area contributed by atoms with Crippen LogP contribution in [0.2, 0.25) is 0 Å². The van der Waals surface area contributed by atoms with E-state index >= 15 is 0 Å². The molecule has 1 aromatic heterocycles. The molecule has 0 fully saturated rings. The van der Waals surface area contributed by atoms with E-state index in [1.807, 2.05) is 6.92 Å². The zero-order chi connectivity index (χ0) is 11.7. The maximum absolute atomic E-state index is 13.0. The van der Waals surface area contributed by atoms with Crippen LogP contribution in [-0.2, 0) is 6.54 Å². The molecule has 2 rings (SSSR count). The van der Waals surface area contributed by atoms with Crippen LogP contribution in [0.3, 0.4) is 0 Å². The summed E-state index contributed by atoms with van der Waals surface area (Å²) >= 11 is 0. The standard InChI is InChI=1S/C11H10F2N2O/c1-2-3-15-6-14-10-5-9(13)8(12)4-7(10)11(15)16/h4-6H,2-3H2,1H3. The lowest BCUT2D eigenvalue weighted by Crippen LogP contribution is -2.20. The third-order valence-corrected chi connectivity index (χ3v) is 2.33. The van der Waals surface area contributed by atoms with Gasteiger partial charge in [-0.3, -0.25) is 9.36 Å².